The number of H-pyrrole nitrogens is 1. The van der Waals surface area contributed by atoms with Crippen LogP contribution in [0, 0.1) is 4.64 Å². The van der Waals surface area contributed by atoms with Crippen LogP contribution in [0.5, 0.6) is 0 Å². The molecular formula is C22H22ClN5OS2. The summed E-state index contributed by atoms with van der Waals surface area (Å²) in [7, 11) is 3.88. The van der Waals surface area contributed by atoms with E-state index in [0.29, 0.717) is 9.66 Å². The van der Waals surface area contributed by atoms with Gasteiger partial charge in [-0.25, -0.2) is 9.78 Å². The van der Waals surface area contributed by atoms with E-state index >= 15 is 0 Å². The molecule has 3 aromatic rings. The van der Waals surface area contributed by atoms with E-state index in [0.717, 1.165) is 58.6 Å². The van der Waals surface area contributed by atoms with Crippen LogP contribution in [0.1, 0.15) is 33.2 Å². The molecule has 0 radical (unpaired) electrons. The molecule has 2 aromatic heterocycles. The van der Waals surface area contributed by atoms with Gasteiger partial charge in [-0.3, -0.25) is 4.98 Å². The number of thiazole rings is 1. The minimum Gasteiger partial charge on any atom is -0.346 e. The molecule has 1 saturated heterocycles. The average Bonchev–Trinajstić information content (AvgIpc) is 3.10. The summed E-state index contributed by atoms with van der Waals surface area (Å²) in [5, 5.41) is 1.72. The fraction of sp³-hybridized carbons (Fsp3) is 0.318. The standard InChI is InChI=1S/C22H22ClN5OS2/c1-26-7-9-28(10-8-26)22-24-19-17(31-22)6-3-13-11-14(23)4-5-15(13)18(19)16-12-27(2)21(29)25-20(16)30/h3-6,11-12,18H,7-10H2,1-2H3,(H,25,29,30). The van der Waals surface area contributed by atoms with Crippen molar-refractivity contribution in [2.75, 3.05) is 38.1 Å². The van der Waals surface area contributed by atoms with Gasteiger partial charge >= 0.3 is 5.69 Å². The smallest absolute Gasteiger partial charge is 0.326 e. The predicted molar refractivity (Wildman–Crippen MR) is 130 cm³/mol. The number of piperazine rings is 1. The van der Waals surface area contributed by atoms with Gasteiger partial charge in [-0.2, -0.15) is 0 Å². The Labute approximate surface area is 194 Å². The van der Waals surface area contributed by atoms with Crippen LogP contribution in [-0.4, -0.2) is 52.7 Å². The summed E-state index contributed by atoms with van der Waals surface area (Å²) in [6.07, 6.45) is 6.05. The summed E-state index contributed by atoms with van der Waals surface area (Å²) in [5.74, 6) is -0.190. The Morgan fingerprint density at radius 1 is 1.16 bits per heavy atom. The van der Waals surface area contributed by atoms with Crippen molar-refractivity contribution < 1.29 is 0 Å². The number of aromatic amines is 1. The molecule has 31 heavy (non-hydrogen) atoms. The molecule has 1 aliphatic heterocycles. The second-order valence-corrected chi connectivity index (χ2v) is 9.88. The molecule has 160 valence electrons. The number of aromatic nitrogens is 3. The maximum absolute atomic E-state index is 12.1. The second-order valence-electron chi connectivity index (χ2n) is 8.03. The first-order valence-corrected chi connectivity index (χ1v) is 11.7. The van der Waals surface area contributed by atoms with Crippen LogP contribution in [0.2, 0.25) is 5.02 Å². The molecule has 0 bridgehead atoms. The highest BCUT2D eigenvalue weighted by Crippen LogP contribution is 2.43. The zero-order chi connectivity index (χ0) is 21.7. The van der Waals surface area contributed by atoms with Gasteiger partial charge in [0.15, 0.2) is 5.13 Å². The first-order valence-electron chi connectivity index (χ1n) is 10.1. The van der Waals surface area contributed by atoms with Crippen LogP contribution >= 0.6 is 35.2 Å². The quantitative estimate of drug-likeness (QED) is 0.448. The SMILES string of the molecule is CN1CCN(c2nc3c(s2)C=Cc2cc(Cl)ccc2C3c2cn(C)c(=O)[nH]c2=S)CC1. The number of halogens is 1. The van der Waals surface area contributed by atoms with Gasteiger partial charge in [0.05, 0.1) is 16.5 Å². The molecule has 1 fully saturated rings. The van der Waals surface area contributed by atoms with Gasteiger partial charge in [0.2, 0.25) is 0 Å². The molecule has 5 rings (SSSR count). The molecule has 9 heteroatoms. The number of anilines is 1. The van der Waals surface area contributed by atoms with Gasteiger partial charge in [-0.05, 0) is 36.4 Å². The highest BCUT2D eigenvalue weighted by Gasteiger charge is 2.30. The van der Waals surface area contributed by atoms with Crippen molar-refractivity contribution >= 4 is 52.4 Å². The Morgan fingerprint density at radius 2 is 1.94 bits per heavy atom. The van der Waals surface area contributed by atoms with Crippen LogP contribution in [-0.2, 0) is 7.05 Å². The molecule has 1 aliphatic carbocycles. The van der Waals surface area contributed by atoms with E-state index < -0.39 is 0 Å². The minimum atomic E-state index is -0.228. The lowest BCUT2D eigenvalue weighted by Gasteiger charge is -2.32. The third kappa shape index (κ3) is 3.78. The lowest BCUT2D eigenvalue weighted by atomic mass is 9.88. The van der Waals surface area contributed by atoms with Gasteiger partial charge in [-0.1, -0.05) is 47.3 Å². The third-order valence-electron chi connectivity index (χ3n) is 5.94. The highest BCUT2D eigenvalue weighted by atomic mass is 35.5. The Balaban J connectivity index is 1.70. The second kappa shape index (κ2) is 8.02. The third-order valence-corrected chi connectivity index (χ3v) is 7.61. The fourth-order valence-corrected chi connectivity index (χ4v) is 5.66. The summed E-state index contributed by atoms with van der Waals surface area (Å²) < 4.78 is 1.97. The van der Waals surface area contributed by atoms with Crippen molar-refractivity contribution in [2.24, 2.45) is 7.05 Å². The molecule has 0 amide bonds. The Morgan fingerprint density at radius 3 is 2.71 bits per heavy atom. The van der Waals surface area contributed by atoms with Crippen LogP contribution in [0.25, 0.3) is 12.2 Å². The molecule has 1 atom stereocenters. The van der Waals surface area contributed by atoms with E-state index in [-0.39, 0.29) is 11.6 Å². The number of nitrogens with one attached hydrogen (secondary N) is 1. The van der Waals surface area contributed by atoms with Gasteiger partial charge in [0, 0.05) is 50.0 Å². The van der Waals surface area contributed by atoms with E-state index in [4.69, 9.17) is 28.8 Å². The predicted octanol–water partition coefficient (Wildman–Crippen LogP) is 3.97. The number of hydrogen-bond acceptors (Lipinski definition) is 6. The maximum atomic E-state index is 12.1. The summed E-state index contributed by atoms with van der Waals surface area (Å²) >= 11 is 13.6. The van der Waals surface area contributed by atoms with Crippen LogP contribution in [0.3, 0.4) is 0 Å². The van der Waals surface area contributed by atoms with Crippen molar-refractivity contribution in [1.29, 1.82) is 0 Å². The number of rotatable bonds is 2. The molecule has 1 unspecified atom stereocenters. The number of likely N-dealkylation sites (N-methyl/N-ethyl adjacent to an activating group) is 1. The van der Waals surface area contributed by atoms with Crippen LogP contribution in [0.15, 0.2) is 29.2 Å². The zero-order valence-corrected chi connectivity index (χ0v) is 19.7. The Bertz CT molecular complexity index is 1300. The normalized spacial score (nSPS) is 18.5. The monoisotopic (exact) mass is 471 g/mol. The summed E-state index contributed by atoms with van der Waals surface area (Å²) in [6.45, 7) is 3.97. The molecule has 6 nitrogen and oxygen atoms in total. The molecular weight excluding hydrogens is 450 g/mol. The van der Waals surface area contributed by atoms with E-state index in [1.54, 1.807) is 18.4 Å². The number of aryl methyl sites for hydroxylation is 1. The Hall–Kier alpha value is -2.26. The fourth-order valence-electron chi connectivity index (χ4n) is 4.16. The van der Waals surface area contributed by atoms with Crippen molar-refractivity contribution in [3.05, 3.63) is 71.8 Å². The number of hydrogen-bond donors (Lipinski definition) is 1. The number of nitrogens with zero attached hydrogens (tertiary/aromatic N) is 4. The van der Waals surface area contributed by atoms with Gasteiger partial charge in [0.1, 0.15) is 4.64 Å². The maximum Gasteiger partial charge on any atom is 0.326 e. The first-order chi connectivity index (χ1) is 14.9. The van der Waals surface area contributed by atoms with Crippen LogP contribution in [0.4, 0.5) is 5.13 Å². The molecule has 0 saturated carbocycles. The van der Waals surface area contributed by atoms with Gasteiger partial charge in [-0.15, -0.1) is 0 Å². The topological polar surface area (TPSA) is 57.2 Å². The highest BCUT2D eigenvalue weighted by molar-refractivity contribution is 7.71. The van der Waals surface area contributed by atoms with E-state index in [2.05, 4.69) is 34.0 Å². The molecule has 2 aliphatic rings. The summed E-state index contributed by atoms with van der Waals surface area (Å²) in [5.41, 5.74) is 3.71. The number of fused-ring (bicyclic) bond motifs is 2. The van der Waals surface area contributed by atoms with Crippen molar-refractivity contribution in [3.63, 3.8) is 0 Å². The number of benzene rings is 1. The van der Waals surface area contributed by atoms with Crippen molar-refractivity contribution in [3.8, 4) is 0 Å². The molecule has 3 heterocycles. The molecule has 0 spiro atoms. The van der Waals surface area contributed by atoms with Crippen LogP contribution < -0.4 is 10.6 Å². The molecule has 1 aromatic carbocycles. The Kier molecular flexibility index (Phi) is 5.34. The van der Waals surface area contributed by atoms with E-state index in [9.17, 15) is 4.79 Å². The minimum absolute atomic E-state index is 0.190. The lowest BCUT2D eigenvalue weighted by Crippen LogP contribution is -2.44. The largest absolute Gasteiger partial charge is 0.346 e. The van der Waals surface area contributed by atoms with Crippen molar-refractivity contribution in [1.82, 2.24) is 19.4 Å². The van der Waals surface area contributed by atoms with E-state index in [1.165, 1.54) is 4.57 Å². The first kappa shape index (κ1) is 20.6. The summed E-state index contributed by atoms with van der Waals surface area (Å²) in [6, 6.07) is 5.90. The van der Waals surface area contributed by atoms with Gasteiger partial charge < -0.3 is 14.4 Å². The molecule has 1 N–H and O–H groups in total. The zero-order valence-electron chi connectivity index (χ0n) is 17.3. The lowest BCUT2D eigenvalue weighted by molar-refractivity contribution is 0.312. The van der Waals surface area contributed by atoms with Crippen molar-refractivity contribution in [2.45, 2.75) is 5.92 Å². The summed E-state index contributed by atoms with van der Waals surface area (Å²) in [4.78, 5) is 25.8. The average molecular weight is 472 g/mol. The van der Waals surface area contributed by atoms with Gasteiger partial charge in [0.25, 0.3) is 0 Å². The van der Waals surface area contributed by atoms with E-state index in [1.807, 2.05) is 24.4 Å².